The summed E-state index contributed by atoms with van der Waals surface area (Å²) in [4.78, 5) is 13.8. The van der Waals surface area contributed by atoms with E-state index in [9.17, 15) is 13.6 Å². The quantitative estimate of drug-likeness (QED) is 0.610. The lowest BCUT2D eigenvalue weighted by atomic mass is 10.2. The highest BCUT2D eigenvalue weighted by Gasteiger charge is 2.17. The number of pyridine rings is 1. The second-order valence-electron chi connectivity index (χ2n) is 2.14. The molecule has 0 aliphatic heterocycles. The highest BCUT2D eigenvalue weighted by Crippen LogP contribution is 2.27. The topological polar surface area (TPSA) is 30.0 Å². The van der Waals surface area contributed by atoms with Crippen molar-refractivity contribution in [1.29, 1.82) is 0 Å². The average Bonchev–Trinajstić information content (AvgIpc) is 2.02. The Morgan fingerprint density at radius 3 is 2.69 bits per heavy atom. The predicted molar refractivity (Wildman–Crippen MR) is 47.3 cm³/mol. The molecule has 0 fully saturated rings. The van der Waals surface area contributed by atoms with Crippen LogP contribution >= 0.6 is 27.5 Å². The number of rotatable bonds is 2. The van der Waals surface area contributed by atoms with E-state index in [0.717, 1.165) is 0 Å². The van der Waals surface area contributed by atoms with Crippen LogP contribution in [0, 0.1) is 0 Å². The van der Waals surface area contributed by atoms with Gasteiger partial charge >= 0.3 is 0 Å². The zero-order valence-corrected chi connectivity index (χ0v) is 8.44. The average molecular weight is 270 g/mol. The number of halogens is 4. The molecule has 2 nitrogen and oxygen atoms in total. The summed E-state index contributed by atoms with van der Waals surface area (Å²) >= 11 is 8.37. The third kappa shape index (κ3) is 2.22. The third-order valence-corrected chi connectivity index (χ3v) is 2.18. The van der Waals surface area contributed by atoms with Gasteiger partial charge in [-0.1, -0.05) is 11.6 Å². The molecule has 0 aliphatic rings. The Labute approximate surface area is 86.0 Å². The lowest BCUT2D eigenvalue weighted by molar-refractivity contribution is 0.110. The molecule has 6 heteroatoms. The molecule has 70 valence electrons. The van der Waals surface area contributed by atoms with Gasteiger partial charge in [0.1, 0.15) is 10.8 Å². The summed E-state index contributed by atoms with van der Waals surface area (Å²) in [5.41, 5.74) is -0.770. The van der Waals surface area contributed by atoms with Gasteiger partial charge in [0, 0.05) is 4.47 Å². The first-order valence-electron chi connectivity index (χ1n) is 3.15. The summed E-state index contributed by atoms with van der Waals surface area (Å²) in [5.74, 6) is 0. The molecular weight excluding hydrogens is 267 g/mol. The minimum Gasteiger partial charge on any atom is -0.298 e. The fourth-order valence-corrected chi connectivity index (χ4v) is 1.64. The molecule has 0 aliphatic carbocycles. The van der Waals surface area contributed by atoms with Crippen LogP contribution in [0.2, 0.25) is 5.15 Å². The van der Waals surface area contributed by atoms with Crippen molar-refractivity contribution in [3.8, 4) is 0 Å². The molecule has 0 unspecified atom stereocenters. The number of carbonyl (C=O) groups is 1. The van der Waals surface area contributed by atoms with Gasteiger partial charge in [0.2, 0.25) is 0 Å². The first-order chi connectivity index (χ1) is 6.06. The number of aldehydes is 1. The van der Waals surface area contributed by atoms with E-state index in [2.05, 4.69) is 20.9 Å². The number of hydrogen-bond donors (Lipinski definition) is 0. The van der Waals surface area contributed by atoms with Crippen molar-refractivity contribution in [2.45, 2.75) is 6.43 Å². The lowest BCUT2D eigenvalue weighted by Gasteiger charge is -2.04. The molecule has 0 radical (unpaired) electrons. The molecule has 0 saturated carbocycles. The highest BCUT2D eigenvalue weighted by atomic mass is 79.9. The monoisotopic (exact) mass is 269 g/mol. The fourth-order valence-electron chi connectivity index (χ4n) is 0.795. The van der Waals surface area contributed by atoms with Crippen molar-refractivity contribution >= 4 is 33.8 Å². The van der Waals surface area contributed by atoms with Crippen LogP contribution in [0.3, 0.4) is 0 Å². The van der Waals surface area contributed by atoms with Crippen LogP contribution in [-0.2, 0) is 0 Å². The highest BCUT2D eigenvalue weighted by molar-refractivity contribution is 9.10. The second-order valence-corrected chi connectivity index (χ2v) is 3.39. The minimum absolute atomic E-state index is 0.0761. The molecule has 0 atom stereocenters. The Morgan fingerprint density at radius 2 is 2.23 bits per heavy atom. The molecular formula is C7H3BrClF2NO. The largest absolute Gasteiger partial charge is 0.298 e. The van der Waals surface area contributed by atoms with E-state index in [4.69, 9.17) is 11.6 Å². The van der Waals surface area contributed by atoms with Gasteiger partial charge in [-0.15, -0.1) is 0 Å². The summed E-state index contributed by atoms with van der Waals surface area (Å²) in [5, 5.41) is -0.0761. The minimum atomic E-state index is -2.81. The smallest absolute Gasteiger partial charge is 0.281 e. The molecule has 1 rings (SSSR count). The van der Waals surface area contributed by atoms with Crippen molar-refractivity contribution in [3.05, 3.63) is 26.9 Å². The van der Waals surface area contributed by atoms with Gasteiger partial charge in [0.05, 0.1) is 5.56 Å². The van der Waals surface area contributed by atoms with Crippen LogP contribution in [0.1, 0.15) is 22.5 Å². The molecule has 0 aromatic carbocycles. The predicted octanol–water partition coefficient (Wildman–Crippen LogP) is 3.25. The van der Waals surface area contributed by atoms with Gasteiger partial charge < -0.3 is 0 Å². The fraction of sp³-hybridized carbons (Fsp3) is 0.143. The number of hydrogen-bond acceptors (Lipinski definition) is 2. The zero-order valence-electron chi connectivity index (χ0n) is 6.10. The summed E-state index contributed by atoms with van der Waals surface area (Å²) in [7, 11) is 0. The number of aromatic nitrogens is 1. The molecule has 0 saturated heterocycles. The van der Waals surface area contributed by atoms with Crippen molar-refractivity contribution in [3.63, 3.8) is 0 Å². The Morgan fingerprint density at radius 1 is 1.62 bits per heavy atom. The Bertz CT molecular complexity index is 346. The standard InChI is InChI=1S/C7H3BrClF2NO/c8-4-1-5(9)12-6(7(10)11)3(4)2-13/h1-2,7H. The van der Waals surface area contributed by atoms with Crippen molar-refractivity contribution < 1.29 is 13.6 Å². The first-order valence-corrected chi connectivity index (χ1v) is 4.32. The van der Waals surface area contributed by atoms with Crippen LogP contribution < -0.4 is 0 Å². The van der Waals surface area contributed by atoms with Gasteiger partial charge in [-0.2, -0.15) is 0 Å². The molecule has 13 heavy (non-hydrogen) atoms. The number of alkyl halides is 2. The van der Waals surface area contributed by atoms with Crippen LogP contribution in [0.15, 0.2) is 10.5 Å². The molecule has 0 N–H and O–H groups in total. The Balaban J connectivity index is 3.38. The van der Waals surface area contributed by atoms with Crippen LogP contribution in [0.5, 0.6) is 0 Å². The summed E-state index contributed by atoms with van der Waals surface area (Å²) in [6.45, 7) is 0. The first kappa shape index (κ1) is 10.5. The van der Waals surface area contributed by atoms with Gasteiger partial charge in [-0.3, -0.25) is 4.79 Å². The van der Waals surface area contributed by atoms with Crippen molar-refractivity contribution in [1.82, 2.24) is 4.98 Å². The van der Waals surface area contributed by atoms with Gasteiger partial charge in [0.15, 0.2) is 6.29 Å². The SMILES string of the molecule is O=Cc1c(Br)cc(Cl)nc1C(F)F. The lowest BCUT2D eigenvalue weighted by Crippen LogP contribution is -1.99. The van der Waals surface area contributed by atoms with Crippen LogP contribution in [0.25, 0.3) is 0 Å². The molecule has 1 aromatic rings. The van der Waals surface area contributed by atoms with E-state index in [-0.39, 0.29) is 15.2 Å². The van der Waals surface area contributed by atoms with E-state index in [0.29, 0.717) is 6.29 Å². The van der Waals surface area contributed by atoms with Gasteiger partial charge in [0.25, 0.3) is 6.43 Å². The second kappa shape index (κ2) is 4.11. The molecule has 1 heterocycles. The molecule has 0 amide bonds. The maximum atomic E-state index is 12.3. The molecule has 1 aromatic heterocycles. The zero-order chi connectivity index (χ0) is 10.0. The maximum absolute atomic E-state index is 12.3. The van der Waals surface area contributed by atoms with E-state index in [1.807, 2.05) is 0 Å². The number of nitrogens with zero attached hydrogens (tertiary/aromatic N) is 1. The Kier molecular flexibility index (Phi) is 3.33. The van der Waals surface area contributed by atoms with E-state index in [1.54, 1.807) is 0 Å². The molecule has 0 spiro atoms. The summed E-state index contributed by atoms with van der Waals surface area (Å²) in [6, 6.07) is 1.29. The normalized spacial score (nSPS) is 10.5. The van der Waals surface area contributed by atoms with Gasteiger partial charge in [-0.05, 0) is 22.0 Å². The van der Waals surface area contributed by atoms with E-state index < -0.39 is 12.1 Å². The summed E-state index contributed by atoms with van der Waals surface area (Å²) < 4.78 is 24.8. The van der Waals surface area contributed by atoms with Gasteiger partial charge in [-0.25, -0.2) is 13.8 Å². The maximum Gasteiger partial charge on any atom is 0.281 e. The number of carbonyl (C=O) groups excluding carboxylic acids is 1. The van der Waals surface area contributed by atoms with Crippen LogP contribution in [-0.4, -0.2) is 11.3 Å². The summed E-state index contributed by atoms with van der Waals surface area (Å²) in [6.07, 6.45) is -2.50. The van der Waals surface area contributed by atoms with Crippen LogP contribution in [0.4, 0.5) is 8.78 Å². The molecule has 0 bridgehead atoms. The van der Waals surface area contributed by atoms with E-state index >= 15 is 0 Å². The Hall–Kier alpha value is -0.550. The van der Waals surface area contributed by atoms with E-state index in [1.165, 1.54) is 6.07 Å². The van der Waals surface area contributed by atoms with Crippen molar-refractivity contribution in [2.24, 2.45) is 0 Å². The van der Waals surface area contributed by atoms with Crippen molar-refractivity contribution in [2.75, 3.05) is 0 Å². The third-order valence-electron chi connectivity index (χ3n) is 1.33.